The number of hydrogen-bond donors (Lipinski definition) is 7. The second-order valence-electron chi connectivity index (χ2n) is 18.4. The van der Waals surface area contributed by atoms with Crippen LogP contribution in [0.1, 0.15) is 161 Å². The third-order valence-corrected chi connectivity index (χ3v) is 14.2. The van der Waals surface area contributed by atoms with Crippen molar-refractivity contribution in [1.82, 2.24) is 9.55 Å². The first kappa shape index (κ1) is 68.0. The summed E-state index contributed by atoms with van der Waals surface area (Å²) in [5.74, 6) is -1.48. The Morgan fingerprint density at radius 1 is 0.711 bits per heavy atom. The summed E-state index contributed by atoms with van der Waals surface area (Å²) < 4.78 is 56.7. The molecule has 22 heteroatoms. The van der Waals surface area contributed by atoms with Gasteiger partial charge in [-0.2, -0.15) is 9.29 Å². The number of phosphoric ester groups is 2. The zero-order valence-corrected chi connectivity index (χ0v) is 46.3. The Hall–Kier alpha value is -4.14. The number of aliphatic hydroxyl groups is 4. The van der Waals surface area contributed by atoms with Crippen LogP contribution in [-0.2, 0) is 46.3 Å². The number of ether oxygens (including phenoxy) is 3. The smallest absolute Gasteiger partial charge is 0.462 e. The van der Waals surface area contributed by atoms with E-state index in [1.165, 1.54) is 44.6 Å². The molecule has 1 aromatic rings. The van der Waals surface area contributed by atoms with Gasteiger partial charge in [0.2, 0.25) is 0 Å². The van der Waals surface area contributed by atoms with Gasteiger partial charge in [0.25, 0.3) is 0 Å². The van der Waals surface area contributed by atoms with Crippen molar-refractivity contribution in [2.45, 2.75) is 198 Å². The normalized spacial score (nSPS) is 20.2. The number of nitrogens with zero attached hydrogens (tertiary/aromatic N) is 2. The Kier molecular flexibility index (Phi) is 36.7. The van der Waals surface area contributed by atoms with Crippen LogP contribution in [-0.4, -0.2) is 108 Å². The van der Waals surface area contributed by atoms with Crippen LogP contribution in [0.3, 0.4) is 0 Å². The topological polar surface area (TPSA) is 306 Å². The van der Waals surface area contributed by atoms with Crippen molar-refractivity contribution in [1.29, 1.82) is 0 Å². The number of carbonyl (C=O) groups is 2. The number of allylic oxidation sites excluding steroid dienone is 10. The molecule has 0 amide bonds. The molecule has 1 aliphatic heterocycles. The molecule has 1 saturated heterocycles. The van der Waals surface area contributed by atoms with Gasteiger partial charge in [0.05, 0.1) is 25.4 Å². The Morgan fingerprint density at radius 2 is 1.28 bits per heavy atom. The zero-order chi connectivity index (χ0) is 55.9. The maximum atomic E-state index is 12.9. The fourth-order valence-corrected chi connectivity index (χ4v) is 9.56. The second kappa shape index (κ2) is 41.0. The maximum Gasteiger partial charge on any atom is 0.481 e. The van der Waals surface area contributed by atoms with Crippen molar-refractivity contribution in [3.63, 3.8) is 0 Å². The fourth-order valence-electron chi connectivity index (χ4n) is 7.45. The van der Waals surface area contributed by atoms with Crippen LogP contribution in [0.2, 0.25) is 0 Å². The Balaban J connectivity index is 1.84. The first-order valence-electron chi connectivity index (χ1n) is 26.8. The number of nitrogen functional groups attached to an aromatic ring is 1. The fraction of sp³-hybridized carbons (Fsp3) is 0.630. The molecule has 0 aromatic carbocycles. The molecule has 0 saturated carbocycles. The highest BCUT2D eigenvalue weighted by atomic mass is 31.3. The lowest BCUT2D eigenvalue weighted by atomic mass is 10.1. The summed E-state index contributed by atoms with van der Waals surface area (Å²) in [6.45, 7) is 1.79. The highest BCUT2D eigenvalue weighted by molar-refractivity contribution is 7.61. The van der Waals surface area contributed by atoms with Crippen molar-refractivity contribution in [3.8, 4) is 0 Å². The van der Waals surface area contributed by atoms with Gasteiger partial charge in [-0.25, -0.2) is 13.9 Å². The largest absolute Gasteiger partial charge is 0.481 e. The van der Waals surface area contributed by atoms with Crippen LogP contribution >= 0.6 is 15.6 Å². The first-order valence-corrected chi connectivity index (χ1v) is 29.8. The average Bonchev–Trinajstić information content (AvgIpc) is 3.65. The van der Waals surface area contributed by atoms with Crippen LogP contribution in [0.4, 0.5) is 5.82 Å². The molecule has 1 fully saturated rings. The van der Waals surface area contributed by atoms with E-state index in [0.29, 0.717) is 32.1 Å². The van der Waals surface area contributed by atoms with Gasteiger partial charge >= 0.3 is 33.3 Å². The van der Waals surface area contributed by atoms with Crippen molar-refractivity contribution in [3.05, 3.63) is 108 Å². The molecule has 0 spiro atoms. The number of unbranched alkanes of at least 4 members (excludes halogenated alkanes) is 13. The Bertz CT molecular complexity index is 2140. The van der Waals surface area contributed by atoms with Crippen LogP contribution in [0.15, 0.2) is 102 Å². The van der Waals surface area contributed by atoms with Gasteiger partial charge < -0.3 is 50.2 Å². The zero-order valence-electron chi connectivity index (χ0n) is 44.5. The molecule has 2 heterocycles. The minimum absolute atomic E-state index is 0.00322. The van der Waals surface area contributed by atoms with Crippen LogP contribution in [0.25, 0.3) is 0 Å². The van der Waals surface area contributed by atoms with Crippen molar-refractivity contribution in [2.75, 3.05) is 25.6 Å². The van der Waals surface area contributed by atoms with E-state index in [1.807, 2.05) is 37.3 Å². The van der Waals surface area contributed by atoms with E-state index in [1.54, 1.807) is 42.5 Å². The van der Waals surface area contributed by atoms with Gasteiger partial charge in [0.15, 0.2) is 12.3 Å². The number of esters is 2. The molecule has 0 aliphatic carbocycles. The van der Waals surface area contributed by atoms with Crippen molar-refractivity contribution in [2.24, 2.45) is 0 Å². The molecule has 8 N–H and O–H groups in total. The van der Waals surface area contributed by atoms with E-state index >= 15 is 0 Å². The van der Waals surface area contributed by atoms with E-state index in [4.69, 9.17) is 29.0 Å². The molecule has 20 nitrogen and oxygen atoms in total. The van der Waals surface area contributed by atoms with Gasteiger partial charge in [-0.05, 0) is 70.3 Å². The SMILES string of the molecule is CC/C=C\C[C@@H](O)/C=C/C=C\C=C\[C@@H](O)C/C=C\C/C=C\CCC(=O)OC[C@H](COP(=O)(O)OP(=O)(O)OC[C@H]1O[C@@H](n2ccc(N)nc2=O)[C@H](O)[C@@H]1O)OC(=O)CCCCCCCCC/C=C\CCCCCCCC. The van der Waals surface area contributed by atoms with Crippen molar-refractivity contribution >= 4 is 33.4 Å². The number of aromatic nitrogens is 2. The molecule has 2 rings (SSSR count). The lowest BCUT2D eigenvalue weighted by molar-refractivity contribution is -0.161. The number of hydrogen-bond acceptors (Lipinski definition) is 17. The predicted octanol–water partition coefficient (Wildman–Crippen LogP) is 9.39. The quantitative estimate of drug-likeness (QED) is 0.0105. The average molecular weight is 1110 g/mol. The van der Waals surface area contributed by atoms with Gasteiger partial charge in [0, 0.05) is 19.0 Å². The lowest BCUT2D eigenvalue weighted by Crippen LogP contribution is -2.36. The Morgan fingerprint density at radius 3 is 1.89 bits per heavy atom. The summed E-state index contributed by atoms with van der Waals surface area (Å²) in [4.78, 5) is 62.0. The summed E-state index contributed by atoms with van der Waals surface area (Å²) in [6.07, 6.45) is 37.3. The standard InChI is InChI=1S/C54H87N3O17P2/c1-3-5-7-8-9-10-11-12-13-14-15-16-17-18-19-24-32-38-50(61)72-46(41-69-49(60)37-31-23-21-20-22-28-34-45(59)36-30-26-25-29-35-44(58)33-27-6-4-2)42-70-75(65,66)74-76(67,68)71-43-47-51(62)52(63)53(73-47)57-40-39-48(55)56-54(57)64/h6,12-13,21-23,25-30,35-36,39-40,44-47,51-53,58-59,62-63H,3-5,7-11,14-20,24,31-34,37-38,41-43H2,1-2H3,(H,65,66)(H,67,68)(H2,55,56,64)/b13-12-,23-21-,26-25-,27-6-,28-22-,35-29+,36-30+/t44-,45+,46-,47-,51-,52-,53-/m1/s1. The summed E-state index contributed by atoms with van der Waals surface area (Å²) in [7, 11) is -10.9. The highest BCUT2D eigenvalue weighted by Crippen LogP contribution is 2.60. The summed E-state index contributed by atoms with van der Waals surface area (Å²) >= 11 is 0. The first-order chi connectivity index (χ1) is 36.5. The molecule has 430 valence electrons. The van der Waals surface area contributed by atoms with Crippen LogP contribution in [0, 0.1) is 0 Å². The predicted molar refractivity (Wildman–Crippen MR) is 291 cm³/mol. The van der Waals surface area contributed by atoms with Gasteiger partial charge in [-0.3, -0.25) is 23.2 Å². The molecule has 1 aromatic heterocycles. The molecule has 2 unspecified atom stereocenters. The van der Waals surface area contributed by atoms with Crippen LogP contribution < -0.4 is 11.4 Å². The summed E-state index contributed by atoms with van der Waals surface area (Å²) in [6, 6.07) is 1.24. The number of phosphoric acid groups is 2. The lowest BCUT2D eigenvalue weighted by Gasteiger charge is -2.21. The number of nitrogens with two attached hydrogens (primary N) is 1. The van der Waals surface area contributed by atoms with E-state index in [0.717, 1.165) is 68.6 Å². The monoisotopic (exact) mass is 1110 g/mol. The highest BCUT2D eigenvalue weighted by Gasteiger charge is 2.46. The molecule has 1 aliphatic rings. The Labute approximate surface area is 449 Å². The second-order valence-corrected chi connectivity index (χ2v) is 21.4. The van der Waals surface area contributed by atoms with E-state index in [-0.39, 0.29) is 18.7 Å². The number of aliphatic hydroxyl groups excluding tert-OH is 4. The third kappa shape index (κ3) is 33.2. The summed E-state index contributed by atoms with van der Waals surface area (Å²) in [5.41, 5.74) is 4.57. The van der Waals surface area contributed by atoms with Crippen molar-refractivity contribution < 1.29 is 76.5 Å². The number of carbonyl (C=O) groups excluding carboxylic acids is 2. The molecule has 0 radical (unpaired) electrons. The number of rotatable bonds is 43. The number of anilines is 1. The van der Waals surface area contributed by atoms with E-state index < -0.39 is 95.9 Å². The third-order valence-electron chi connectivity index (χ3n) is 11.6. The molecule has 9 atom stereocenters. The van der Waals surface area contributed by atoms with Crippen LogP contribution in [0.5, 0.6) is 0 Å². The van der Waals surface area contributed by atoms with Gasteiger partial charge in [-0.15, -0.1) is 0 Å². The molecular formula is C54H87N3O17P2. The minimum atomic E-state index is -5.47. The minimum Gasteiger partial charge on any atom is -0.462 e. The summed E-state index contributed by atoms with van der Waals surface area (Å²) in [5, 5.41) is 41.0. The molecular weight excluding hydrogens is 1020 g/mol. The van der Waals surface area contributed by atoms with Gasteiger partial charge in [0.1, 0.15) is 30.7 Å². The van der Waals surface area contributed by atoms with E-state index in [9.17, 15) is 53.7 Å². The maximum absolute atomic E-state index is 12.9. The van der Waals surface area contributed by atoms with E-state index in [2.05, 4.69) is 28.4 Å². The molecule has 0 bridgehead atoms. The van der Waals surface area contributed by atoms with Gasteiger partial charge in [-0.1, -0.05) is 163 Å². The molecule has 76 heavy (non-hydrogen) atoms.